The highest BCUT2D eigenvalue weighted by atomic mass is 19.4. The van der Waals surface area contributed by atoms with E-state index in [9.17, 15) is 18.3 Å². The molecule has 1 N–H and O–H groups in total. The second-order valence-electron chi connectivity index (χ2n) is 7.82. The van der Waals surface area contributed by atoms with Gasteiger partial charge in [-0.3, -0.25) is 0 Å². The fourth-order valence-corrected chi connectivity index (χ4v) is 4.55. The summed E-state index contributed by atoms with van der Waals surface area (Å²) in [5.74, 6) is 1.59. The summed E-state index contributed by atoms with van der Waals surface area (Å²) >= 11 is 0. The van der Waals surface area contributed by atoms with Crippen molar-refractivity contribution < 1.29 is 27.4 Å². The molecular weight excluding hydrogens is 371 g/mol. The van der Waals surface area contributed by atoms with Crippen LogP contribution in [0.5, 0.6) is 5.75 Å². The molecule has 0 amide bonds. The highest BCUT2D eigenvalue weighted by Crippen LogP contribution is 2.43. The van der Waals surface area contributed by atoms with E-state index in [4.69, 9.17) is 9.15 Å². The molecule has 4 nitrogen and oxygen atoms in total. The molecule has 3 aliphatic heterocycles. The Balaban J connectivity index is 1.65. The molecule has 28 heavy (non-hydrogen) atoms. The zero-order valence-corrected chi connectivity index (χ0v) is 15.9. The lowest BCUT2D eigenvalue weighted by molar-refractivity contribution is -0.137. The third-order valence-electron chi connectivity index (χ3n) is 6.11. The summed E-state index contributed by atoms with van der Waals surface area (Å²) in [6.07, 6.45) is -3.00. The topological polar surface area (TPSA) is 45.8 Å². The van der Waals surface area contributed by atoms with Gasteiger partial charge in [-0.15, -0.1) is 0 Å². The average Bonchev–Trinajstić information content (AvgIpc) is 3.08. The minimum atomic E-state index is -4.44. The smallest absolute Gasteiger partial charge is 0.416 e. The number of aliphatic hydroxyl groups is 1. The van der Waals surface area contributed by atoms with E-state index in [2.05, 4.69) is 4.90 Å². The standard InChI is InChI=1S/C21H24F3NO3/c1-12-9-18(19(26)16-11-25-7-5-13(16)6-8-25)28-20(12)15-4-3-14(21(22,23)24)10-17(15)27-2/h3-4,9-10,13,16,19,26H,5-8,11H2,1-2H3/t16?,19-/m1/s1. The molecule has 2 aromatic rings. The van der Waals surface area contributed by atoms with Gasteiger partial charge >= 0.3 is 6.18 Å². The minimum absolute atomic E-state index is 0.0937. The SMILES string of the molecule is COc1cc(C(F)(F)F)ccc1-c1oc([C@H](O)C2CN3CCC2CC3)cc1C. The second kappa shape index (κ2) is 7.12. The number of alkyl halides is 3. The van der Waals surface area contributed by atoms with Gasteiger partial charge < -0.3 is 19.2 Å². The minimum Gasteiger partial charge on any atom is -0.496 e. The van der Waals surface area contributed by atoms with E-state index in [1.165, 1.54) is 13.2 Å². The molecule has 5 rings (SSSR count). The zero-order chi connectivity index (χ0) is 20.1. The molecule has 0 saturated carbocycles. The average molecular weight is 395 g/mol. The van der Waals surface area contributed by atoms with Crippen molar-refractivity contribution in [2.75, 3.05) is 26.7 Å². The number of fused-ring (bicyclic) bond motifs is 3. The van der Waals surface area contributed by atoms with E-state index < -0.39 is 17.8 Å². The molecule has 2 atom stereocenters. The predicted molar refractivity (Wildman–Crippen MR) is 98.0 cm³/mol. The van der Waals surface area contributed by atoms with Crippen molar-refractivity contribution in [2.24, 2.45) is 11.8 Å². The van der Waals surface area contributed by atoms with Crippen LogP contribution in [0.1, 0.15) is 35.8 Å². The van der Waals surface area contributed by atoms with E-state index in [1.807, 2.05) is 6.92 Å². The number of benzene rings is 1. The Morgan fingerprint density at radius 2 is 1.93 bits per heavy atom. The molecule has 3 fully saturated rings. The summed E-state index contributed by atoms with van der Waals surface area (Å²) in [6.45, 7) is 4.84. The lowest BCUT2D eigenvalue weighted by Gasteiger charge is -2.46. The largest absolute Gasteiger partial charge is 0.496 e. The maximum atomic E-state index is 13.0. The van der Waals surface area contributed by atoms with Crippen molar-refractivity contribution in [2.45, 2.75) is 32.0 Å². The number of furan rings is 1. The van der Waals surface area contributed by atoms with Gasteiger partial charge in [-0.1, -0.05) is 0 Å². The summed E-state index contributed by atoms with van der Waals surface area (Å²) in [6, 6.07) is 5.14. The first-order chi connectivity index (χ1) is 13.3. The van der Waals surface area contributed by atoms with E-state index in [0.717, 1.165) is 50.2 Å². The Morgan fingerprint density at radius 1 is 1.21 bits per heavy atom. The highest BCUT2D eigenvalue weighted by Gasteiger charge is 2.40. The van der Waals surface area contributed by atoms with E-state index >= 15 is 0 Å². The maximum absolute atomic E-state index is 13.0. The number of aliphatic hydroxyl groups excluding tert-OH is 1. The number of halogens is 3. The van der Waals surface area contributed by atoms with Gasteiger partial charge in [0.05, 0.1) is 18.2 Å². The predicted octanol–water partition coefficient (Wildman–Crippen LogP) is 4.66. The molecule has 3 saturated heterocycles. The first-order valence-corrected chi connectivity index (χ1v) is 9.54. The molecule has 2 bridgehead atoms. The first-order valence-electron chi connectivity index (χ1n) is 9.54. The van der Waals surface area contributed by atoms with Crippen LogP contribution in [0.15, 0.2) is 28.7 Å². The summed E-state index contributed by atoms with van der Waals surface area (Å²) in [4.78, 5) is 2.36. The molecular formula is C21H24F3NO3. The number of hydrogen-bond acceptors (Lipinski definition) is 4. The number of rotatable bonds is 4. The van der Waals surface area contributed by atoms with Crippen LogP contribution in [0.25, 0.3) is 11.3 Å². The summed E-state index contributed by atoms with van der Waals surface area (Å²) in [5.41, 5.74) is 0.429. The fraction of sp³-hybridized carbons (Fsp3) is 0.524. The number of hydrogen-bond donors (Lipinski definition) is 1. The molecule has 1 aromatic heterocycles. The Labute approximate surface area is 161 Å². The van der Waals surface area contributed by atoms with E-state index in [-0.39, 0.29) is 11.7 Å². The molecule has 1 aromatic carbocycles. The van der Waals surface area contributed by atoms with Crippen molar-refractivity contribution in [1.82, 2.24) is 4.90 Å². The van der Waals surface area contributed by atoms with Gasteiger partial charge in [-0.25, -0.2) is 0 Å². The van der Waals surface area contributed by atoms with Gasteiger partial charge in [0.1, 0.15) is 23.4 Å². The van der Waals surface area contributed by atoms with Gasteiger partial charge in [0.25, 0.3) is 0 Å². The van der Waals surface area contributed by atoms with Crippen LogP contribution in [-0.2, 0) is 6.18 Å². The fourth-order valence-electron chi connectivity index (χ4n) is 4.55. The molecule has 0 radical (unpaired) electrons. The summed E-state index contributed by atoms with van der Waals surface area (Å²) in [5, 5.41) is 10.9. The number of piperidine rings is 3. The third kappa shape index (κ3) is 3.42. The van der Waals surface area contributed by atoms with Gasteiger partial charge in [-0.05, 0) is 68.6 Å². The molecule has 4 heterocycles. The van der Waals surface area contributed by atoms with Crippen LogP contribution in [0.3, 0.4) is 0 Å². The number of methoxy groups -OCH3 is 1. The van der Waals surface area contributed by atoms with Gasteiger partial charge in [0.15, 0.2) is 0 Å². The Hall–Kier alpha value is -1.99. The van der Waals surface area contributed by atoms with E-state index in [0.29, 0.717) is 23.0 Å². The van der Waals surface area contributed by atoms with Crippen LogP contribution in [-0.4, -0.2) is 36.8 Å². The molecule has 0 spiro atoms. The van der Waals surface area contributed by atoms with Crippen LogP contribution >= 0.6 is 0 Å². The Morgan fingerprint density at radius 3 is 2.50 bits per heavy atom. The Kier molecular flexibility index (Phi) is 4.91. The van der Waals surface area contributed by atoms with Gasteiger partial charge in [-0.2, -0.15) is 13.2 Å². The highest BCUT2D eigenvalue weighted by molar-refractivity contribution is 5.69. The quantitative estimate of drug-likeness (QED) is 0.818. The van der Waals surface area contributed by atoms with E-state index in [1.54, 1.807) is 6.07 Å². The third-order valence-corrected chi connectivity index (χ3v) is 6.11. The van der Waals surface area contributed by atoms with Crippen LogP contribution in [0, 0.1) is 18.8 Å². The molecule has 1 unspecified atom stereocenters. The van der Waals surface area contributed by atoms with Crippen molar-refractivity contribution >= 4 is 0 Å². The van der Waals surface area contributed by atoms with Crippen molar-refractivity contribution in [3.8, 4) is 17.1 Å². The number of nitrogens with zero attached hydrogens (tertiary/aromatic N) is 1. The lowest BCUT2D eigenvalue weighted by Crippen LogP contribution is -2.49. The number of aryl methyl sites for hydroxylation is 1. The maximum Gasteiger partial charge on any atom is 0.416 e. The number of ether oxygens (including phenoxy) is 1. The monoisotopic (exact) mass is 395 g/mol. The summed E-state index contributed by atoms with van der Waals surface area (Å²) < 4.78 is 50.1. The van der Waals surface area contributed by atoms with Gasteiger partial charge in [0.2, 0.25) is 0 Å². The molecule has 152 valence electrons. The molecule has 0 aliphatic carbocycles. The Bertz CT molecular complexity index is 853. The lowest BCUT2D eigenvalue weighted by atomic mass is 9.75. The zero-order valence-electron chi connectivity index (χ0n) is 15.9. The second-order valence-corrected chi connectivity index (χ2v) is 7.82. The van der Waals surface area contributed by atoms with Crippen LogP contribution < -0.4 is 4.74 Å². The van der Waals surface area contributed by atoms with Crippen molar-refractivity contribution in [3.63, 3.8) is 0 Å². The van der Waals surface area contributed by atoms with Crippen molar-refractivity contribution in [1.29, 1.82) is 0 Å². The molecule has 3 aliphatic rings. The van der Waals surface area contributed by atoms with Crippen LogP contribution in [0.2, 0.25) is 0 Å². The normalized spacial score (nSPS) is 25.7. The summed E-state index contributed by atoms with van der Waals surface area (Å²) in [7, 11) is 1.33. The van der Waals surface area contributed by atoms with Crippen molar-refractivity contribution in [3.05, 3.63) is 41.2 Å². The molecule has 7 heteroatoms. The van der Waals surface area contributed by atoms with Crippen LogP contribution in [0.4, 0.5) is 13.2 Å². The van der Waals surface area contributed by atoms with Gasteiger partial charge in [0, 0.05) is 12.5 Å². The first kappa shape index (κ1) is 19.3.